The smallest absolute Gasteiger partial charge is 0.392 e. The largest absolute Gasteiger partial charge is 0.508 e. The Hall–Kier alpha value is -4.17. The van der Waals surface area contributed by atoms with Crippen molar-refractivity contribution in [2.45, 2.75) is 50.0 Å². The first-order chi connectivity index (χ1) is 22.5. The number of phenols is 1. The van der Waals surface area contributed by atoms with E-state index in [9.17, 15) is 22.7 Å². The summed E-state index contributed by atoms with van der Waals surface area (Å²) in [5, 5.41) is 12.1. The number of aromatic hydroxyl groups is 1. The van der Waals surface area contributed by atoms with E-state index in [1.807, 2.05) is 4.90 Å². The first-order valence-electron chi connectivity index (χ1n) is 16.1. The van der Waals surface area contributed by atoms with Gasteiger partial charge in [0.15, 0.2) is 5.82 Å². The van der Waals surface area contributed by atoms with Gasteiger partial charge < -0.3 is 14.7 Å². The summed E-state index contributed by atoms with van der Waals surface area (Å²) < 4.78 is 79.5. The predicted molar refractivity (Wildman–Crippen MR) is 169 cm³/mol. The molecule has 3 aromatic carbocycles. The van der Waals surface area contributed by atoms with Gasteiger partial charge in [-0.15, -0.1) is 6.42 Å². The first-order valence-corrected chi connectivity index (χ1v) is 16.1. The highest BCUT2D eigenvalue weighted by Crippen LogP contribution is 2.51. The number of aromatic nitrogens is 2. The van der Waals surface area contributed by atoms with Crippen LogP contribution in [0, 0.1) is 35.9 Å². The van der Waals surface area contributed by atoms with Gasteiger partial charge in [-0.3, -0.25) is 4.90 Å². The van der Waals surface area contributed by atoms with Gasteiger partial charge in [0.05, 0.1) is 11.5 Å². The zero-order valence-corrected chi connectivity index (χ0v) is 25.5. The number of terminal acetylenes is 1. The third-order valence-electron chi connectivity index (χ3n) is 10.9. The Morgan fingerprint density at radius 3 is 2.57 bits per heavy atom. The van der Waals surface area contributed by atoms with Crippen molar-refractivity contribution in [1.82, 2.24) is 14.9 Å². The minimum atomic E-state index is -4.29. The number of phenolic OH excluding ortho intramolecular Hbond substituents is 1. The van der Waals surface area contributed by atoms with Crippen LogP contribution in [0.25, 0.3) is 32.8 Å². The maximum atomic E-state index is 16.9. The van der Waals surface area contributed by atoms with E-state index in [0.717, 1.165) is 19.4 Å². The van der Waals surface area contributed by atoms with Gasteiger partial charge in [0.25, 0.3) is 0 Å². The molecule has 3 saturated heterocycles. The van der Waals surface area contributed by atoms with Gasteiger partial charge in [0.2, 0.25) is 0 Å². The third kappa shape index (κ3) is 4.95. The monoisotopic (exact) mass is 648 g/mol. The summed E-state index contributed by atoms with van der Waals surface area (Å²) in [6, 6.07) is 11.4. The van der Waals surface area contributed by atoms with E-state index in [0.29, 0.717) is 58.9 Å². The molecule has 4 aliphatic rings. The van der Waals surface area contributed by atoms with E-state index in [1.54, 1.807) is 36.4 Å². The summed E-state index contributed by atoms with van der Waals surface area (Å²) in [7, 11) is 0. The molecule has 6 nitrogen and oxygen atoms in total. The molecule has 0 amide bonds. The minimum Gasteiger partial charge on any atom is -0.508 e. The van der Waals surface area contributed by atoms with Crippen LogP contribution in [0.4, 0.5) is 27.8 Å². The van der Waals surface area contributed by atoms with Crippen LogP contribution >= 0.6 is 0 Å². The van der Waals surface area contributed by atoms with Gasteiger partial charge in [-0.05, 0) is 79.3 Å². The van der Waals surface area contributed by atoms with Gasteiger partial charge in [-0.2, -0.15) is 23.1 Å². The van der Waals surface area contributed by atoms with Crippen molar-refractivity contribution in [2.24, 2.45) is 17.8 Å². The average Bonchev–Trinajstić information content (AvgIpc) is 3.66. The van der Waals surface area contributed by atoms with Gasteiger partial charge in [-0.25, -0.2) is 8.78 Å². The van der Waals surface area contributed by atoms with Crippen molar-refractivity contribution in [3.05, 3.63) is 53.8 Å². The van der Waals surface area contributed by atoms with Crippen molar-refractivity contribution >= 4 is 27.5 Å². The Balaban J connectivity index is 1.25. The Morgan fingerprint density at radius 2 is 1.83 bits per heavy atom. The number of piperidine rings is 1. The molecule has 1 aliphatic carbocycles. The number of nitrogens with zero attached hydrogens (tertiary/aromatic N) is 4. The molecule has 4 atom stereocenters. The molecular weight excluding hydrogens is 615 g/mol. The molecule has 1 aromatic heterocycles. The molecule has 11 heteroatoms. The Bertz CT molecular complexity index is 1930. The zero-order valence-electron chi connectivity index (χ0n) is 25.5. The van der Waals surface area contributed by atoms with E-state index >= 15 is 4.39 Å². The lowest BCUT2D eigenvalue weighted by atomic mass is 9.84. The topological polar surface area (TPSA) is 61.7 Å². The van der Waals surface area contributed by atoms with E-state index in [4.69, 9.17) is 16.1 Å². The van der Waals surface area contributed by atoms with Gasteiger partial charge in [0.1, 0.15) is 29.9 Å². The SMILES string of the molecule is C#Cc1cccc2cc(O)cc(-c3ccc4c(N5CC6CCC(C5)C6C(F)(F)F)nc(OC[C@@]56CCCN5C[C@H](F)C6)nc4c3F)c12. The highest BCUT2D eigenvalue weighted by molar-refractivity contribution is 6.04. The normalized spacial score (nSPS) is 27.4. The highest BCUT2D eigenvalue weighted by Gasteiger charge is 2.55. The van der Waals surface area contributed by atoms with Gasteiger partial charge >= 0.3 is 12.2 Å². The Morgan fingerprint density at radius 1 is 1.04 bits per heavy atom. The predicted octanol–water partition coefficient (Wildman–Crippen LogP) is 7.26. The van der Waals surface area contributed by atoms with Crippen molar-refractivity contribution in [3.63, 3.8) is 0 Å². The quantitative estimate of drug-likeness (QED) is 0.182. The molecule has 3 aliphatic heterocycles. The molecule has 0 radical (unpaired) electrons. The number of halogens is 5. The summed E-state index contributed by atoms with van der Waals surface area (Å²) in [6.45, 7) is 1.46. The highest BCUT2D eigenvalue weighted by atomic mass is 19.4. The van der Waals surface area contributed by atoms with Crippen LogP contribution < -0.4 is 9.64 Å². The van der Waals surface area contributed by atoms with Crippen LogP contribution in [0.5, 0.6) is 11.8 Å². The molecule has 244 valence electrons. The van der Waals surface area contributed by atoms with Crippen LogP contribution in [-0.2, 0) is 0 Å². The second-order valence-corrected chi connectivity index (χ2v) is 13.6. The average molecular weight is 649 g/mol. The van der Waals surface area contributed by atoms with E-state index < -0.39 is 41.5 Å². The fourth-order valence-corrected chi connectivity index (χ4v) is 8.96. The molecule has 2 bridgehead atoms. The number of hydrogen-bond acceptors (Lipinski definition) is 6. The third-order valence-corrected chi connectivity index (χ3v) is 10.9. The first kappa shape index (κ1) is 30.2. The summed E-state index contributed by atoms with van der Waals surface area (Å²) in [4.78, 5) is 13.1. The number of fused-ring (bicyclic) bond motifs is 5. The van der Waals surface area contributed by atoms with Crippen LogP contribution in [0.1, 0.15) is 37.7 Å². The molecule has 8 rings (SSSR count). The number of alkyl halides is 4. The summed E-state index contributed by atoms with van der Waals surface area (Å²) in [5.41, 5.74) is 0.479. The number of ether oxygens (including phenoxy) is 1. The molecule has 47 heavy (non-hydrogen) atoms. The van der Waals surface area contributed by atoms with Crippen molar-refractivity contribution in [3.8, 4) is 35.2 Å². The molecule has 4 heterocycles. The second-order valence-electron chi connectivity index (χ2n) is 13.6. The lowest BCUT2D eigenvalue weighted by Gasteiger charge is -2.39. The molecule has 4 fully saturated rings. The molecule has 0 spiro atoms. The van der Waals surface area contributed by atoms with Crippen molar-refractivity contribution in [2.75, 3.05) is 37.7 Å². The maximum Gasteiger partial charge on any atom is 0.392 e. The maximum absolute atomic E-state index is 16.9. The van der Waals surface area contributed by atoms with Crippen molar-refractivity contribution < 1.29 is 31.8 Å². The summed E-state index contributed by atoms with van der Waals surface area (Å²) in [6.07, 6.45) is 3.44. The standard InChI is InChI=1S/C36H33F5N4O2/c1-2-20-5-3-6-21-13-25(46)14-28(29(20)21)26-9-10-27-32(31(26)38)42-34(47-19-35-11-4-12-45(35)18-24(37)15-35)43-33(27)44-16-22-7-8-23(17-44)30(22)36(39,40)41/h1,3,5-6,9-10,13-14,22-24,30,46H,4,7-8,11-12,15-19H2/t22?,23?,24-,30?,35+/m1/s1. The Labute approximate surface area is 268 Å². The minimum absolute atomic E-state index is 0.0574. The van der Waals surface area contributed by atoms with Crippen LogP contribution in [0.3, 0.4) is 0 Å². The summed E-state index contributed by atoms with van der Waals surface area (Å²) >= 11 is 0. The van der Waals surface area contributed by atoms with Gasteiger partial charge in [0, 0.05) is 48.0 Å². The molecular formula is C36H33F5N4O2. The second kappa shape index (κ2) is 10.9. The van der Waals surface area contributed by atoms with E-state index in [-0.39, 0.29) is 42.5 Å². The number of benzene rings is 3. The number of hydrogen-bond donors (Lipinski definition) is 1. The van der Waals surface area contributed by atoms with Crippen LogP contribution in [0.15, 0.2) is 42.5 Å². The van der Waals surface area contributed by atoms with Gasteiger partial charge in [-0.1, -0.05) is 24.1 Å². The molecule has 4 aromatic rings. The van der Waals surface area contributed by atoms with Crippen molar-refractivity contribution in [1.29, 1.82) is 0 Å². The lowest BCUT2D eigenvalue weighted by molar-refractivity contribution is -0.196. The number of anilines is 1. The fraction of sp³-hybridized carbons (Fsp3) is 0.444. The molecule has 1 saturated carbocycles. The van der Waals surface area contributed by atoms with E-state index in [2.05, 4.69) is 15.8 Å². The molecule has 1 N–H and O–H groups in total. The van der Waals surface area contributed by atoms with E-state index in [1.165, 1.54) is 6.07 Å². The van der Waals surface area contributed by atoms with Crippen LogP contribution in [-0.4, -0.2) is 70.6 Å². The number of rotatable bonds is 5. The molecule has 2 unspecified atom stereocenters. The lowest BCUT2D eigenvalue weighted by Crippen LogP contribution is -2.47. The zero-order chi connectivity index (χ0) is 32.7. The summed E-state index contributed by atoms with van der Waals surface area (Å²) in [5.74, 6) is -0.387. The van der Waals surface area contributed by atoms with Crippen LogP contribution in [0.2, 0.25) is 0 Å². The fourth-order valence-electron chi connectivity index (χ4n) is 8.96. The Kier molecular flexibility index (Phi) is 7.03.